The van der Waals surface area contributed by atoms with Crippen LogP contribution in [0.15, 0.2) is 69.9 Å². The van der Waals surface area contributed by atoms with Crippen LogP contribution in [0.2, 0.25) is 0 Å². The number of carbonyl (C=O) groups is 2. The third-order valence-corrected chi connectivity index (χ3v) is 10.2. The maximum absolute atomic E-state index is 13.9. The molecule has 0 saturated heterocycles. The SMILES string of the molecule is CCOC(=O)c1c(-c2ccc(C)cc2)csc1NC(=O)CSc1nc2sc3c(c2c(=O)n1-c1ccccc1)CCCC3. The zero-order chi connectivity index (χ0) is 29.2. The molecule has 10 heteroatoms. The standard InChI is InChI=1S/C32H29N3O4S3/c1-3-39-31(38)27-23(20-15-13-19(2)14-16-20)17-40-28(27)33-25(36)18-41-32-34-29-26(22-11-7-8-12-24(22)42-29)30(37)35(32)21-9-5-4-6-10-21/h4-6,9-10,13-17H,3,7-8,11-12,18H2,1-2H3,(H,33,36). The van der Waals surface area contributed by atoms with Gasteiger partial charge in [-0.1, -0.05) is 59.8 Å². The van der Waals surface area contributed by atoms with E-state index >= 15 is 0 Å². The van der Waals surface area contributed by atoms with E-state index < -0.39 is 5.97 Å². The van der Waals surface area contributed by atoms with Gasteiger partial charge < -0.3 is 10.1 Å². The fraction of sp³-hybridized carbons (Fsp3) is 0.250. The topological polar surface area (TPSA) is 90.3 Å². The number of thioether (sulfide) groups is 1. The van der Waals surface area contributed by atoms with Gasteiger partial charge in [0.25, 0.3) is 5.56 Å². The van der Waals surface area contributed by atoms with Crippen molar-refractivity contribution in [3.05, 3.63) is 91.9 Å². The third-order valence-electron chi connectivity index (χ3n) is 7.19. The maximum Gasteiger partial charge on any atom is 0.341 e. The summed E-state index contributed by atoms with van der Waals surface area (Å²) < 4.78 is 6.96. The Morgan fingerprint density at radius 3 is 2.60 bits per heavy atom. The number of benzene rings is 2. The van der Waals surface area contributed by atoms with Gasteiger partial charge in [-0.25, -0.2) is 9.78 Å². The van der Waals surface area contributed by atoms with E-state index in [1.54, 1.807) is 22.8 Å². The second-order valence-corrected chi connectivity index (χ2v) is 12.9. The highest BCUT2D eigenvalue weighted by Crippen LogP contribution is 2.37. The number of rotatable bonds is 8. The molecule has 214 valence electrons. The highest BCUT2D eigenvalue weighted by Gasteiger charge is 2.25. The van der Waals surface area contributed by atoms with Crippen LogP contribution in [0, 0.1) is 6.92 Å². The second-order valence-electron chi connectivity index (χ2n) is 10.0. The Morgan fingerprint density at radius 1 is 1.07 bits per heavy atom. The number of ether oxygens (including phenoxy) is 1. The van der Waals surface area contributed by atoms with E-state index in [4.69, 9.17) is 9.72 Å². The lowest BCUT2D eigenvalue weighted by Gasteiger charge is -2.13. The molecule has 7 nitrogen and oxygen atoms in total. The fourth-order valence-corrected chi connectivity index (χ4v) is 8.27. The lowest BCUT2D eigenvalue weighted by Crippen LogP contribution is -2.23. The molecule has 0 aliphatic heterocycles. The Morgan fingerprint density at radius 2 is 1.83 bits per heavy atom. The van der Waals surface area contributed by atoms with Gasteiger partial charge in [0, 0.05) is 15.8 Å². The Labute approximate surface area is 255 Å². The summed E-state index contributed by atoms with van der Waals surface area (Å²) in [4.78, 5) is 47.1. The summed E-state index contributed by atoms with van der Waals surface area (Å²) in [5, 5.41) is 6.38. The van der Waals surface area contributed by atoms with Crippen molar-refractivity contribution in [1.82, 2.24) is 9.55 Å². The summed E-state index contributed by atoms with van der Waals surface area (Å²) in [6, 6.07) is 17.3. The van der Waals surface area contributed by atoms with Crippen molar-refractivity contribution in [2.24, 2.45) is 0 Å². The molecule has 3 aromatic heterocycles. The molecule has 3 heterocycles. The molecule has 0 atom stereocenters. The van der Waals surface area contributed by atoms with E-state index in [2.05, 4.69) is 5.32 Å². The van der Waals surface area contributed by atoms with Crippen LogP contribution in [-0.4, -0.2) is 33.8 Å². The first-order valence-electron chi connectivity index (χ1n) is 13.9. The van der Waals surface area contributed by atoms with Crippen molar-refractivity contribution in [2.75, 3.05) is 17.7 Å². The van der Waals surface area contributed by atoms with Crippen LogP contribution in [0.1, 0.15) is 46.1 Å². The number of anilines is 1. The summed E-state index contributed by atoms with van der Waals surface area (Å²) >= 11 is 4.09. The molecular weight excluding hydrogens is 587 g/mol. The molecule has 42 heavy (non-hydrogen) atoms. The lowest BCUT2D eigenvalue weighted by atomic mass is 9.97. The number of carbonyl (C=O) groups excluding carboxylic acids is 2. The van der Waals surface area contributed by atoms with Crippen LogP contribution in [0.4, 0.5) is 5.00 Å². The number of esters is 1. The second kappa shape index (κ2) is 12.2. The van der Waals surface area contributed by atoms with Crippen molar-refractivity contribution in [2.45, 2.75) is 44.7 Å². The smallest absolute Gasteiger partial charge is 0.341 e. The van der Waals surface area contributed by atoms with Gasteiger partial charge in [0.1, 0.15) is 15.4 Å². The lowest BCUT2D eigenvalue weighted by molar-refractivity contribution is -0.113. The molecule has 0 unspecified atom stereocenters. The minimum atomic E-state index is -0.482. The Bertz CT molecular complexity index is 1840. The fourth-order valence-electron chi connectivity index (χ4n) is 5.18. The predicted octanol–water partition coefficient (Wildman–Crippen LogP) is 7.27. The van der Waals surface area contributed by atoms with Gasteiger partial charge in [0.05, 0.1) is 23.4 Å². The molecule has 2 aromatic carbocycles. The molecule has 0 fully saturated rings. The highest BCUT2D eigenvalue weighted by atomic mass is 32.2. The quantitative estimate of drug-likeness (QED) is 0.112. The normalized spacial score (nSPS) is 12.7. The van der Waals surface area contributed by atoms with Crippen LogP contribution >= 0.6 is 34.4 Å². The largest absolute Gasteiger partial charge is 0.462 e. The average molecular weight is 616 g/mol. The molecule has 0 saturated carbocycles. The number of aryl methyl sites for hydroxylation is 3. The van der Waals surface area contributed by atoms with E-state index in [-0.39, 0.29) is 23.8 Å². The van der Waals surface area contributed by atoms with Crippen molar-refractivity contribution < 1.29 is 14.3 Å². The Kier molecular flexibility index (Phi) is 8.28. The summed E-state index contributed by atoms with van der Waals surface area (Å²) in [5.41, 5.74) is 4.78. The van der Waals surface area contributed by atoms with E-state index in [1.807, 2.05) is 66.9 Å². The Balaban J connectivity index is 1.31. The van der Waals surface area contributed by atoms with Crippen molar-refractivity contribution in [3.63, 3.8) is 0 Å². The number of fused-ring (bicyclic) bond motifs is 3. The van der Waals surface area contributed by atoms with E-state index in [0.29, 0.717) is 32.4 Å². The summed E-state index contributed by atoms with van der Waals surface area (Å²) in [6.45, 7) is 3.98. The van der Waals surface area contributed by atoms with Crippen LogP contribution in [0.3, 0.4) is 0 Å². The number of hydrogen-bond acceptors (Lipinski definition) is 8. The average Bonchev–Trinajstić information content (AvgIpc) is 3.58. The predicted molar refractivity (Wildman–Crippen MR) is 172 cm³/mol. The number of aromatic nitrogens is 2. The van der Waals surface area contributed by atoms with Crippen molar-refractivity contribution >= 4 is 61.5 Å². The van der Waals surface area contributed by atoms with E-state index in [1.165, 1.54) is 28.0 Å². The van der Waals surface area contributed by atoms with Gasteiger partial charge in [-0.05, 0) is 62.8 Å². The number of nitrogens with one attached hydrogen (secondary N) is 1. The number of nitrogens with zero attached hydrogens (tertiary/aromatic N) is 2. The number of thiophene rings is 2. The molecule has 0 bridgehead atoms. The molecule has 1 aliphatic carbocycles. The number of amides is 1. The molecule has 0 radical (unpaired) electrons. The van der Waals surface area contributed by atoms with Crippen LogP contribution in [0.25, 0.3) is 27.0 Å². The highest BCUT2D eigenvalue weighted by molar-refractivity contribution is 7.99. The minimum Gasteiger partial charge on any atom is -0.462 e. The van der Waals surface area contributed by atoms with Crippen molar-refractivity contribution in [3.8, 4) is 16.8 Å². The van der Waals surface area contributed by atoms with Crippen molar-refractivity contribution in [1.29, 1.82) is 0 Å². The van der Waals surface area contributed by atoms with Gasteiger partial charge in [-0.3, -0.25) is 14.2 Å². The monoisotopic (exact) mass is 615 g/mol. The number of hydrogen-bond donors (Lipinski definition) is 1. The maximum atomic E-state index is 13.9. The molecular formula is C32H29N3O4S3. The Hall–Kier alpha value is -3.73. The molecule has 5 aromatic rings. The molecule has 1 aliphatic rings. The molecule has 1 amide bonds. The summed E-state index contributed by atoms with van der Waals surface area (Å²) in [7, 11) is 0. The van der Waals surface area contributed by atoms with Gasteiger partial charge in [-0.15, -0.1) is 22.7 Å². The molecule has 6 rings (SSSR count). The van der Waals surface area contributed by atoms with E-state index in [0.717, 1.165) is 47.2 Å². The third kappa shape index (κ3) is 5.54. The molecule has 1 N–H and O–H groups in total. The van der Waals surface area contributed by atoms with Gasteiger partial charge in [0.2, 0.25) is 5.91 Å². The zero-order valence-electron chi connectivity index (χ0n) is 23.3. The van der Waals surface area contributed by atoms with E-state index in [9.17, 15) is 14.4 Å². The van der Waals surface area contributed by atoms with Gasteiger partial charge in [-0.2, -0.15) is 0 Å². The first-order chi connectivity index (χ1) is 20.4. The summed E-state index contributed by atoms with van der Waals surface area (Å²) in [6.07, 6.45) is 4.06. The van der Waals surface area contributed by atoms with Gasteiger partial charge >= 0.3 is 5.97 Å². The van der Waals surface area contributed by atoms with Crippen LogP contribution < -0.4 is 10.9 Å². The molecule has 0 spiro atoms. The zero-order valence-corrected chi connectivity index (χ0v) is 25.7. The van der Waals surface area contributed by atoms with Crippen LogP contribution in [-0.2, 0) is 22.4 Å². The number of para-hydroxylation sites is 1. The van der Waals surface area contributed by atoms with Gasteiger partial charge in [0.15, 0.2) is 5.16 Å². The summed E-state index contributed by atoms with van der Waals surface area (Å²) in [5.74, 6) is -0.776. The van der Waals surface area contributed by atoms with Crippen LogP contribution in [0.5, 0.6) is 0 Å². The minimum absolute atomic E-state index is 0.00982. The first-order valence-corrected chi connectivity index (χ1v) is 16.5. The first kappa shape index (κ1) is 28.4.